The molecule has 0 spiro atoms. The molecule has 1 fully saturated rings. The van der Waals surface area contributed by atoms with Crippen molar-refractivity contribution in [1.29, 1.82) is 5.26 Å². The molecular formula is C14H17N3O. The van der Waals surface area contributed by atoms with Gasteiger partial charge in [-0.05, 0) is 25.2 Å². The number of rotatable bonds is 0. The minimum absolute atomic E-state index is 0.00560. The van der Waals surface area contributed by atoms with E-state index in [4.69, 9.17) is 0 Å². The van der Waals surface area contributed by atoms with E-state index in [1.54, 1.807) is 4.68 Å². The maximum Gasteiger partial charge on any atom is 0.141 e. The zero-order valence-corrected chi connectivity index (χ0v) is 10.9. The van der Waals surface area contributed by atoms with Gasteiger partial charge in [-0.15, -0.1) is 0 Å². The van der Waals surface area contributed by atoms with Crippen molar-refractivity contribution in [2.45, 2.75) is 44.4 Å². The van der Waals surface area contributed by atoms with Crippen LogP contribution in [0.4, 0.5) is 0 Å². The van der Waals surface area contributed by atoms with Crippen molar-refractivity contribution in [2.75, 3.05) is 0 Å². The molecule has 2 atom stereocenters. The highest BCUT2D eigenvalue weighted by Gasteiger charge is 2.46. The predicted molar refractivity (Wildman–Crippen MR) is 65.9 cm³/mol. The molecule has 0 bridgehead atoms. The number of hydrogen-bond donors (Lipinski definition) is 0. The quantitative estimate of drug-likeness (QED) is 0.699. The summed E-state index contributed by atoms with van der Waals surface area (Å²) in [7, 11) is 1.84. The topological polar surface area (TPSA) is 58.7 Å². The highest BCUT2D eigenvalue weighted by atomic mass is 16.1. The predicted octanol–water partition coefficient (Wildman–Crippen LogP) is 1.86. The molecule has 0 saturated heterocycles. The Kier molecular flexibility index (Phi) is 2.34. The van der Waals surface area contributed by atoms with E-state index in [0.717, 1.165) is 30.5 Å². The van der Waals surface area contributed by atoms with Crippen LogP contribution < -0.4 is 0 Å². The standard InChI is InChI=1S/C14H17N3O/c1-14-6-5-10(18)7-9(14)3-4-11-12(8-15)17(2)16-13(11)14/h9H,3-7H2,1-2H3/t9?,14-/m0/s1. The summed E-state index contributed by atoms with van der Waals surface area (Å²) in [6.07, 6.45) is 4.12. The van der Waals surface area contributed by atoms with Gasteiger partial charge in [0.1, 0.15) is 17.5 Å². The summed E-state index contributed by atoms with van der Waals surface area (Å²) in [5.41, 5.74) is 2.88. The Morgan fingerprint density at radius 1 is 1.50 bits per heavy atom. The van der Waals surface area contributed by atoms with Crippen molar-refractivity contribution in [3.05, 3.63) is 17.0 Å². The summed E-state index contributed by atoms with van der Waals surface area (Å²) in [4.78, 5) is 11.6. The van der Waals surface area contributed by atoms with Gasteiger partial charge in [-0.2, -0.15) is 10.4 Å². The molecule has 1 saturated carbocycles. The van der Waals surface area contributed by atoms with Crippen molar-refractivity contribution in [2.24, 2.45) is 13.0 Å². The number of Topliss-reactive ketones (excluding diaryl/α,β-unsaturated/α-hetero) is 1. The van der Waals surface area contributed by atoms with Gasteiger partial charge in [0, 0.05) is 30.9 Å². The number of nitriles is 1. The Morgan fingerprint density at radius 2 is 2.28 bits per heavy atom. The summed E-state index contributed by atoms with van der Waals surface area (Å²) in [5, 5.41) is 13.8. The lowest BCUT2D eigenvalue weighted by atomic mass is 9.60. The van der Waals surface area contributed by atoms with Crippen LogP contribution in [0.25, 0.3) is 0 Å². The summed E-state index contributed by atoms with van der Waals surface area (Å²) in [6, 6.07) is 2.26. The Hall–Kier alpha value is -1.63. The van der Waals surface area contributed by atoms with E-state index in [9.17, 15) is 10.1 Å². The van der Waals surface area contributed by atoms with Crippen molar-refractivity contribution in [3.8, 4) is 6.07 Å². The second kappa shape index (κ2) is 3.68. The van der Waals surface area contributed by atoms with E-state index in [1.165, 1.54) is 0 Å². The van der Waals surface area contributed by atoms with Gasteiger partial charge in [-0.3, -0.25) is 9.48 Å². The molecule has 2 aliphatic carbocycles. The molecule has 4 heteroatoms. The molecule has 4 nitrogen and oxygen atoms in total. The van der Waals surface area contributed by atoms with Crippen LogP contribution >= 0.6 is 0 Å². The van der Waals surface area contributed by atoms with Crippen LogP contribution in [0.2, 0.25) is 0 Å². The van der Waals surface area contributed by atoms with E-state index in [1.807, 2.05) is 7.05 Å². The number of hydrogen-bond acceptors (Lipinski definition) is 3. The molecule has 94 valence electrons. The molecule has 0 amide bonds. The zero-order chi connectivity index (χ0) is 12.9. The molecule has 0 aromatic carbocycles. The van der Waals surface area contributed by atoms with Crippen LogP contribution in [0.5, 0.6) is 0 Å². The zero-order valence-electron chi connectivity index (χ0n) is 10.9. The summed E-state index contributed by atoms with van der Waals surface area (Å²) < 4.78 is 1.70. The second-order valence-corrected chi connectivity index (χ2v) is 5.81. The van der Waals surface area contributed by atoms with Crippen LogP contribution in [-0.4, -0.2) is 15.6 Å². The number of carbonyl (C=O) groups excluding carboxylic acids is 1. The van der Waals surface area contributed by atoms with Gasteiger partial charge >= 0.3 is 0 Å². The lowest BCUT2D eigenvalue weighted by Crippen LogP contribution is -2.42. The largest absolute Gasteiger partial charge is 0.300 e. The van der Waals surface area contributed by atoms with Crippen molar-refractivity contribution in [3.63, 3.8) is 0 Å². The van der Waals surface area contributed by atoms with Crippen LogP contribution in [0, 0.1) is 17.2 Å². The van der Waals surface area contributed by atoms with Crippen LogP contribution in [-0.2, 0) is 23.7 Å². The first-order chi connectivity index (χ1) is 8.56. The third-order valence-corrected chi connectivity index (χ3v) is 4.83. The van der Waals surface area contributed by atoms with Crippen molar-refractivity contribution in [1.82, 2.24) is 9.78 Å². The van der Waals surface area contributed by atoms with Gasteiger partial charge in [-0.25, -0.2) is 0 Å². The number of aromatic nitrogens is 2. The molecule has 2 aliphatic rings. The number of carbonyl (C=O) groups is 1. The fourth-order valence-electron chi connectivity index (χ4n) is 3.66. The SMILES string of the molecule is Cn1nc2c(c1C#N)CCC1CC(=O)CC[C@]21C. The average molecular weight is 243 g/mol. The minimum atomic E-state index is -0.00560. The first-order valence-corrected chi connectivity index (χ1v) is 6.54. The maximum absolute atomic E-state index is 11.6. The Morgan fingerprint density at radius 3 is 3.00 bits per heavy atom. The molecular weight excluding hydrogens is 226 g/mol. The average Bonchev–Trinajstić information content (AvgIpc) is 2.67. The summed E-state index contributed by atoms with van der Waals surface area (Å²) in [6.45, 7) is 2.22. The molecule has 18 heavy (non-hydrogen) atoms. The summed E-state index contributed by atoms with van der Waals surface area (Å²) >= 11 is 0. The van der Waals surface area contributed by atoms with Gasteiger partial charge in [-0.1, -0.05) is 6.92 Å². The Bertz CT molecular complexity index is 566. The van der Waals surface area contributed by atoms with E-state index in [2.05, 4.69) is 18.1 Å². The lowest BCUT2D eigenvalue weighted by molar-refractivity contribution is -0.123. The van der Waals surface area contributed by atoms with Crippen molar-refractivity contribution < 1.29 is 4.79 Å². The molecule has 0 N–H and O–H groups in total. The number of nitrogens with zero attached hydrogens (tertiary/aromatic N) is 3. The fraction of sp³-hybridized carbons (Fsp3) is 0.643. The Labute approximate surface area is 107 Å². The fourth-order valence-corrected chi connectivity index (χ4v) is 3.66. The highest BCUT2D eigenvalue weighted by molar-refractivity contribution is 5.80. The molecule has 1 aromatic heterocycles. The monoisotopic (exact) mass is 243 g/mol. The van der Waals surface area contributed by atoms with Gasteiger partial charge in [0.15, 0.2) is 0 Å². The molecule has 0 aliphatic heterocycles. The maximum atomic E-state index is 11.6. The lowest BCUT2D eigenvalue weighted by Gasteiger charge is -2.43. The minimum Gasteiger partial charge on any atom is -0.300 e. The summed E-state index contributed by atoms with van der Waals surface area (Å²) in [5.74, 6) is 0.796. The van der Waals surface area contributed by atoms with Crippen LogP contribution in [0.15, 0.2) is 0 Å². The molecule has 1 aromatic rings. The second-order valence-electron chi connectivity index (χ2n) is 5.81. The van der Waals surface area contributed by atoms with E-state index < -0.39 is 0 Å². The highest BCUT2D eigenvalue weighted by Crippen LogP contribution is 2.48. The molecule has 1 heterocycles. The molecule has 3 rings (SSSR count). The first kappa shape index (κ1) is 11.5. The van der Waals surface area contributed by atoms with E-state index >= 15 is 0 Å². The first-order valence-electron chi connectivity index (χ1n) is 6.54. The van der Waals surface area contributed by atoms with Crippen LogP contribution in [0.3, 0.4) is 0 Å². The third-order valence-electron chi connectivity index (χ3n) is 4.83. The number of ketones is 1. The van der Waals surface area contributed by atoms with Gasteiger partial charge < -0.3 is 0 Å². The normalized spacial score (nSPS) is 30.5. The van der Waals surface area contributed by atoms with E-state index in [0.29, 0.717) is 30.2 Å². The molecule has 1 unspecified atom stereocenters. The molecule has 0 radical (unpaired) electrons. The van der Waals surface area contributed by atoms with E-state index in [-0.39, 0.29) is 5.41 Å². The van der Waals surface area contributed by atoms with Gasteiger partial charge in [0.2, 0.25) is 0 Å². The number of aryl methyl sites for hydroxylation is 1. The smallest absolute Gasteiger partial charge is 0.141 e. The Balaban J connectivity index is 2.12. The van der Waals surface area contributed by atoms with Gasteiger partial charge in [0.05, 0.1) is 5.69 Å². The van der Waals surface area contributed by atoms with Crippen molar-refractivity contribution >= 4 is 5.78 Å². The number of fused-ring (bicyclic) bond motifs is 3. The van der Waals surface area contributed by atoms with Gasteiger partial charge in [0.25, 0.3) is 0 Å². The van der Waals surface area contributed by atoms with Crippen LogP contribution in [0.1, 0.15) is 49.6 Å². The third kappa shape index (κ3) is 1.37.